The first-order chi connectivity index (χ1) is 10.7. The van der Waals surface area contributed by atoms with E-state index in [1.807, 2.05) is 0 Å². The summed E-state index contributed by atoms with van der Waals surface area (Å²) >= 11 is 5.90. The van der Waals surface area contributed by atoms with E-state index in [1.165, 1.54) is 12.1 Å². The van der Waals surface area contributed by atoms with Crippen LogP contribution in [-0.2, 0) is 28.5 Å². The van der Waals surface area contributed by atoms with Gasteiger partial charge in [-0.15, -0.1) is 0 Å². The van der Waals surface area contributed by atoms with E-state index in [9.17, 15) is 21.6 Å². The van der Waals surface area contributed by atoms with Gasteiger partial charge >= 0.3 is 6.18 Å². The maximum Gasteiger partial charge on any atom is 0.416 e. The monoisotopic (exact) mass is 363 g/mol. The van der Waals surface area contributed by atoms with Gasteiger partial charge < -0.3 is 0 Å². The van der Waals surface area contributed by atoms with E-state index in [0.29, 0.717) is 10.6 Å². The van der Waals surface area contributed by atoms with Gasteiger partial charge in [0, 0.05) is 11.6 Å². The first kappa shape index (κ1) is 17.8. The van der Waals surface area contributed by atoms with Crippen LogP contribution < -0.4 is 4.72 Å². The molecule has 0 fully saturated rings. The standard InChI is InChI=1S/C15H13ClF3NO2S/c16-14-7-2-1-5-12(14)10-23(21,22)20-9-11-4-3-6-13(8-11)15(17,18)19/h1-8,20H,9-10H2. The molecular weight excluding hydrogens is 351 g/mol. The molecule has 0 aliphatic carbocycles. The van der Waals surface area contributed by atoms with E-state index in [1.54, 1.807) is 24.3 Å². The summed E-state index contributed by atoms with van der Waals surface area (Å²) in [5.74, 6) is -0.342. The van der Waals surface area contributed by atoms with Crippen molar-refractivity contribution < 1.29 is 21.6 Å². The van der Waals surface area contributed by atoms with E-state index in [0.717, 1.165) is 12.1 Å². The molecule has 8 heteroatoms. The number of rotatable bonds is 5. The Morgan fingerprint density at radius 2 is 1.74 bits per heavy atom. The maximum absolute atomic E-state index is 12.6. The third-order valence-electron chi connectivity index (χ3n) is 3.05. The van der Waals surface area contributed by atoms with E-state index in [2.05, 4.69) is 4.72 Å². The SMILES string of the molecule is O=S(=O)(Cc1ccccc1Cl)NCc1cccc(C(F)(F)F)c1. The van der Waals surface area contributed by atoms with Gasteiger partial charge in [-0.1, -0.05) is 48.0 Å². The van der Waals surface area contributed by atoms with Crippen molar-refractivity contribution in [1.29, 1.82) is 0 Å². The van der Waals surface area contributed by atoms with Crippen molar-refractivity contribution >= 4 is 21.6 Å². The van der Waals surface area contributed by atoms with Crippen LogP contribution in [0.5, 0.6) is 0 Å². The zero-order valence-electron chi connectivity index (χ0n) is 11.8. The predicted molar refractivity (Wildman–Crippen MR) is 82.4 cm³/mol. The molecule has 0 atom stereocenters. The number of hydrogen-bond donors (Lipinski definition) is 1. The Bertz CT molecular complexity index is 791. The molecule has 0 heterocycles. The topological polar surface area (TPSA) is 46.2 Å². The van der Waals surface area contributed by atoms with Gasteiger partial charge in [-0.2, -0.15) is 13.2 Å². The van der Waals surface area contributed by atoms with Crippen molar-refractivity contribution in [1.82, 2.24) is 4.72 Å². The Labute approximate surface area is 137 Å². The van der Waals surface area contributed by atoms with E-state index in [-0.39, 0.29) is 17.9 Å². The van der Waals surface area contributed by atoms with Crippen LogP contribution in [0, 0.1) is 0 Å². The van der Waals surface area contributed by atoms with Crippen LogP contribution in [0.2, 0.25) is 5.02 Å². The quantitative estimate of drug-likeness (QED) is 0.873. The number of alkyl halides is 3. The van der Waals surface area contributed by atoms with Gasteiger partial charge in [0.1, 0.15) is 0 Å². The second-order valence-electron chi connectivity index (χ2n) is 4.87. The van der Waals surface area contributed by atoms with Crippen LogP contribution in [0.25, 0.3) is 0 Å². The lowest BCUT2D eigenvalue weighted by atomic mass is 10.1. The molecule has 1 N–H and O–H groups in total. The average molecular weight is 364 g/mol. The van der Waals surface area contributed by atoms with Crippen molar-refractivity contribution in [2.45, 2.75) is 18.5 Å². The fraction of sp³-hybridized carbons (Fsp3) is 0.200. The van der Waals surface area contributed by atoms with E-state index in [4.69, 9.17) is 11.6 Å². The minimum atomic E-state index is -4.47. The van der Waals surface area contributed by atoms with Crippen molar-refractivity contribution in [3.63, 3.8) is 0 Å². The summed E-state index contributed by atoms with van der Waals surface area (Å²) in [6, 6.07) is 11.0. The number of nitrogens with one attached hydrogen (secondary N) is 1. The second kappa shape index (κ2) is 6.90. The smallest absolute Gasteiger partial charge is 0.212 e. The van der Waals surface area contributed by atoms with Gasteiger partial charge in [0.05, 0.1) is 11.3 Å². The Kier molecular flexibility index (Phi) is 5.33. The lowest BCUT2D eigenvalue weighted by Crippen LogP contribution is -2.25. The number of hydrogen-bond acceptors (Lipinski definition) is 2. The Hall–Kier alpha value is -1.57. The van der Waals surface area contributed by atoms with Crippen molar-refractivity contribution in [2.75, 3.05) is 0 Å². The summed E-state index contributed by atoms with van der Waals surface area (Å²) in [6.07, 6.45) is -4.47. The van der Waals surface area contributed by atoms with Gasteiger partial charge in [0.2, 0.25) is 10.0 Å². The summed E-state index contributed by atoms with van der Waals surface area (Å²) in [5.41, 5.74) is -0.173. The molecule has 0 saturated carbocycles. The highest BCUT2D eigenvalue weighted by Gasteiger charge is 2.30. The van der Waals surface area contributed by atoms with E-state index < -0.39 is 21.8 Å². The van der Waals surface area contributed by atoms with Crippen LogP contribution in [0.1, 0.15) is 16.7 Å². The first-order valence-corrected chi connectivity index (χ1v) is 8.57. The molecule has 2 aromatic carbocycles. The van der Waals surface area contributed by atoms with Crippen LogP contribution in [0.4, 0.5) is 13.2 Å². The molecule has 23 heavy (non-hydrogen) atoms. The van der Waals surface area contributed by atoms with Crippen molar-refractivity contribution in [3.05, 3.63) is 70.2 Å². The second-order valence-corrected chi connectivity index (χ2v) is 7.08. The fourth-order valence-electron chi connectivity index (χ4n) is 1.92. The van der Waals surface area contributed by atoms with Gasteiger partial charge in [0.25, 0.3) is 0 Å². The van der Waals surface area contributed by atoms with Gasteiger partial charge in [-0.25, -0.2) is 13.1 Å². The summed E-state index contributed by atoms with van der Waals surface area (Å²) in [4.78, 5) is 0. The molecule has 0 aliphatic heterocycles. The molecule has 0 unspecified atom stereocenters. The molecule has 0 amide bonds. The van der Waals surface area contributed by atoms with Crippen LogP contribution in [0.3, 0.4) is 0 Å². The molecule has 0 aromatic heterocycles. The highest BCUT2D eigenvalue weighted by molar-refractivity contribution is 7.88. The van der Waals surface area contributed by atoms with Gasteiger partial charge in [-0.05, 0) is 23.3 Å². The number of halogens is 4. The molecule has 3 nitrogen and oxygen atoms in total. The zero-order valence-corrected chi connectivity index (χ0v) is 13.3. The third-order valence-corrected chi connectivity index (χ3v) is 4.70. The van der Waals surface area contributed by atoms with Gasteiger partial charge in [0.15, 0.2) is 0 Å². The van der Waals surface area contributed by atoms with Crippen molar-refractivity contribution in [3.8, 4) is 0 Å². The molecule has 124 valence electrons. The zero-order chi connectivity index (χ0) is 17.1. The normalized spacial score (nSPS) is 12.3. The van der Waals surface area contributed by atoms with Gasteiger partial charge in [-0.3, -0.25) is 0 Å². The molecule has 0 saturated heterocycles. The average Bonchev–Trinajstić information content (AvgIpc) is 2.47. The molecule has 0 bridgehead atoms. The Balaban J connectivity index is 2.07. The molecule has 2 aromatic rings. The minimum absolute atomic E-state index is 0.225. The molecule has 0 radical (unpaired) electrons. The Morgan fingerprint density at radius 1 is 1.04 bits per heavy atom. The van der Waals surface area contributed by atoms with Crippen molar-refractivity contribution in [2.24, 2.45) is 0 Å². The predicted octanol–water partition coefficient (Wildman–Crippen LogP) is 3.98. The maximum atomic E-state index is 12.6. The number of sulfonamides is 1. The van der Waals surface area contributed by atoms with Crippen LogP contribution in [0.15, 0.2) is 48.5 Å². The molecular formula is C15H13ClF3NO2S. The van der Waals surface area contributed by atoms with Crippen LogP contribution >= 0.6 is 11.6 Å². The van der Waals surface area contributed by atoms with Crippen LogP contribution in [-0.4, -0.2) is 8.42 Å². The first-order valence-electron chi connectivity index (χ1n) is 6.54. The highest BCUT2D eigenvalue weighted by Crippen LogP contribution is 2.29. The fourth-order valence-corrected chi connectivity index (χ4v) is 3.35. The molecule has 2 rings (SSSR count). The summed E-state index contributed by atoms with van der Waals surface area (Å²) in [6.45, 7) is -0.225. The third kappa shape index (κ3) is 5.23. The largest absolute Gasteiger partial charge is 0.416 e. The van der Waals surface area contributed by atoms with E-state index >= 15 is 0 Å². The highest BCUT2D eigenvalue weighted by atomic mass is 35.5. The Morgan fingerprint density at radius 3 is 2.39 bits per heavy atom. The summed E-state index contributed by atoms with van der Waals surface area (Å²) in [7, 11) is -3.72. The summed E-state index contributed by atoms with van der Waals surface area (Å²) in [5, 5.41) is 0.317. The number of benzene rings is 2. The molecule has 0 aliphatic rings. The minimum Gasteiger partial charge on any atom is -0.212 e. The summed E-state index contributed by atoms with van der Waals surface area (Å²) < 4.78 is 64.2. The molecule has 0 spiro atoms. The lowest BCUT2D eigenvalue weighted by Gasteiger charge is -2.10. The lowest BCUT2D eigenvalue weighted by molar-refractivity contribution is -0.137.